The molecule has 2 aromatic carbocycles. The highest BCUT2D eigenvalue weighted by Gasteiger charge is 2.38. The highest BCUT2D eigenvalue weighted by Crippen LogP contribution is 2.24. The predicted octanol–water partition coefficient (Wildman–Crippen LogP) is 3.58. The van der Waals surface area contributed by atoms with Gasteiger partial charge in [-0.2, -0.15) is 13.2 Å². The highest BCUT2D eigenvalue weighted by atomic mass is 19.4. The number of hydrogen-bond donors (Lipinski definition) is 2. The minimum Gasteiger partial charge on any atom is -0.508 e. The van der Waals surface area contributed by atoms with Crippen molar-refractivity contribution in [2.45, 2.75) is 18.6 Å². The van der Waals surface area contributed by atoms with Crippen LogP contribution in [-0.4, -0.2) is 34.1 Å². The molecule has 0 heterocycles. The number of halogens is 4. The number of rotatable bonds is 5. The molecule has 25 heavy (non-hydrogen) atoms. The van der Waals surface area contributed by atoms with Crippen LogP contribution in [0.5, 0.6) is 5.75 Å². The summed E-state index contributed by atoms with van der Waals surface area (Å²) in [6.45, 7) is 0. The Hall–Kier alpha value is -2.90. The van der Waals surface area contributed by atoms with Crippen molar-refractivity contribution in [3.05, 3.63) is 65.5 Å². The third-order valence-electron chi connectivity index (χ3n) is 3.32. The number of hydrogen-bond acceptors (Lipinski definition) is 3. The number of aromatic hydroxyl groups is 1. The van der Waals surface area contributed by atoms with E-state index in [1.165, 1.54) is 24.3 Å². The van der Waals surface area contributed by atoms with Gasteiger partial charge in [-0.15, -0.1) is 0 Å². The molecule has 2 aromatic rings. The Morgan fingerprint density at radius 3 is 2.08 bits per heavy atom. The van der Waals surface area contributed by atoms with Gasteiger partial charge in [-0.3, -0.25) is 4.99 Å². The normalized spacial score (nSPS) is 13.5. The van der Waals surface area contributed by atoms with E-state index in [1.54, 1.807) is 0 Å². The molecule has 2 rings (SSSR count). The quantitative estimate of drug-likeness (QED) is 0.636. The second-order valence-electron chi connectivity index (χ2n) is 5.21. The van der Waals surface area contributed by atoms with Crippen LogP contribution in [0.1, 0.15) is 11.1 Å². The molecule has 0 fully saturated rings. The van der Waals surface area contributed by atoms with E-state index in [0.29, 0.717) is 5.56 Å². The smallest absolute Gasteiger partial charge is 0.433 e. The summed E-state index contributed by atoms with van der Waals surface area (Å²) < 4.78 is 52.7. The van der Waals surface area contributed by atoms with Crippen LogP contribution >= 0.6 is 0 Å². The molecule has 4 nitrogen and oxygen atoms in total. The lowest BCUT2D eigenvalue weighted by Gasteiger charge is -2.15. The summed E-state index contributed by atoms with van der Waals surface area (Å²) in [6, 6.07) is 7.15. The standard InChI is InChI=1S/C17H13F4NO3/c18-12-5-3-11(4-6-12)15(17(19,20)21)22-14(16(24)25)9-10-1-7-13(23)8-2-10/h1-8,14,23H,9H2,(H,24,25)/b22-15-/t14-/m0/s1. The van der Waals surface area contributed by atoms with E-state index >= 15 is 0 Å². The average Bonchev–Trinajstić information content (AvgIpc) is 2.53. The molecule has 0 saturated carbocycles. The Morgan fingerprint density at radius 1 is 1.04 bits per heavy atom. The van der Waals surface area contributed by atoms with Gasteiger partial charge in [0.1, 0.15) is 17.3 Å². The van der Waals surface area contributed by atoms with Crippen LogP contribution < -0.4 is 0 Å². The highest BCUT2D eigenvalue weighted by molar-refractivity contribution is 6.05. The average molecular weight is 355 g/mol. The number of benzene rings is 2. The van der Waals surface area contributed by atoms with E-state index in [4.69, 9.17) is 0 Å². The lowest BCUT2D eigenvalue weighted by molar-refractivity contribution is -0.138. The first-order valence-electron chi connectivity index (χ1n) is 7.08. The van der Waals surface area contributed by atoms with Crippen molar-refractivity contribution >= 4 is 11.7 Å². The lowest BCUT2D eigenvalue weighted by atomic mass is 10.0. The van der Waals surface area contributed by atoms with Crippen LogP contribution in [0.25, 0.3) is 0 Å². The zero-order valence-corrected chi connectivity index (χ0v) is 12.7. The molecule has 0 aliphatic heterocycles. The molecule has 0 bridgehead atoms. The molecule has 0 spiro atoms. The van der Waals surface area contributed by atoms with Crippen molar-refractivity contribution in [2.24, 2.45) is 4.99 Å². The monoisotopic (exact) mass is 355 g/mol. The molecule has 0 amide bonds. The summed E-state index contributed by atoms with van der Waals surface area (Å²) >= 11 is 0. The van der Waals surface area contributed by atoms with Crippen LogP contribution in [0.4, 0.5) is 17.6 Å². The second kappa shape index (κ2) is 7.33. The summed E-state index contributed by atoms with van der Waals surface area (Å²) in [4.78, 5) is 14.7. The third-order valence-corrected chi connectivity index (χ3v) is 3.32. The van der Waals surface area contributed by atoms with Gasteiger partial charge in [0.25, 0.3) is 0 Å². The van der Waals surface area contributed by atoms with Gasteiger partial charge in [0, 0.05) is 12.0 Å². The number of alkyl halides is 3. The number of phenolic OH excluding ortho intramolecular Hbond substituents is 1. The lowest BCUT2D eigenvalue weighted by Crippen LogP contribution is -2.30. The van der Waals surface area contributed by atoms with Crippen molar-refractivity contribution < 1.29 is 32.6 Å². The summed E-state index contributed by atoms with van der Waals surface area (Å²) in [7, 11) is 0. The molecular weight excluding hydrogens is 342 g/mol. The first-order chi connectivity index (χ1) is 11.7. The van der Waals surface area contributed by atoms with E-state index < -0.39 is 35.3 Å². The van der Waals surface area contributed by atoms with Crippen LogP contribution in [0.2, 0.25) is 0 Å². The van der Waals surface area contributed by atoms with Gasteiger partial charge in [-0.1, -0.05) is 12.1 Å². The number of carboxylic acids is 1. The molecule has 1 atom stereocenters. The van der Waals surface area contributed by atoms with Crippen molar-refractivity contribution in [2.75, 3.05) is 0 Å². The predicted molar refractivity (Wildman–Crippen MR) is 82.2 cm³/mol. The summed E-state index contributed by atoms with van der Waals surface area (Å²) in [5, 5.41) is 18.4. The van der Waals surface area contributed by atoms with Gasteiger partial charge < -0.3 is 10.2 Å². The Balaban J connectivity index is 2.40. The van der Waals surface area contributed by atoms with Crippen LogP contribution in [0.3, 0.4) is 0 Å². The molecule has 0 unspecified atom stereocenters. The van der Waals surface area contributed by atoms with Crippen molar-refractivity contribution in [3.8, 4) is 5.75 Å². The third kappa shape index (κ3) is 5.03. The largest absolute Gasteiger partial charge is 0.508 e. The van der Waals surface area contributed by atoms with E-state index in [2.05, 4.69) is 4.99 Å². The number of phenols is 1. The minimum atomic E-state index is -4.90. The zero-order chi connectivity index (χ0) is 18.6. The second-order valence-corrected chi connectivity index (χ2v) is 5.21. The zero-order valence-electron chi connectivity index (χ0n) is 12.7. The Bertz CT molecular complexity index is 768. The Morgan fingerprint density at radius 2 is 1.60 bits per heavy atom. The van der Waals surface area contributed by atoms with E-state index in [9.17, 15) is 32.6 Å². The number of carbonyl (C=O) groups is 1. The molecule has 0 saturated heterocycles. The van der Waals surface area contributed by atoms with E-state index in [0.717, 1.165) is 24.3 Å². The van der Waals surface area contributed by atoms with Crippen LogP contribution in [-0.2, 0) is 11.2 Å². The topological polar surface area (TPSA) is 69.9 Å². The molecule has 8 heteroatoms. The van der Waals surface area contributed by atoms with Gasteiger partial charge in [-0.25, -0.2) is 9.18 Å². The molecule has 0 aromatic heterocycles. The molecular formula is C17H13F4NO3. The number of nitrogens with zero attached hydrogens (tertiary/aromatic N) is 1. The van der Waals surface area contributed by atoms with Gasteiger partial charge in [0.15, 0.2) is 6.04 Å². The summed E-state index contributed by atoms with van der Waals surface area (Å²) in [6.07, 6.45) is -5.20. The number of carboxylic acid groups (broad SMARTS) is 1. The summed E-state index contributed by atoms with van der Waals surface area (Å²) in [5.41, 5.74) is -1.42. The first-order valence-corrected chi connectivity index (χ1v) is 7.08. The SMILES string of the molecule is O=C(O)[C@H](Cc1ccc(O)cc1)/N=C(/c1ccc(F)cc1)C(F)(F)F. The maximum atomic E-state index is 13.3. The van der Waals surface area contributed by atoms with Crippen molar-refractivity contribution in [3.63, 3.8) is 0 Å². The summed E-state index contributed by atoms with van der Waals surface area (Å²) in [5.74, 6) is -2.30. The fraction of sp³-hybridized carbons (Fsp3) is 0.176. The first kappa shape index (κ1) is 18.4. The van der Waals surface area contributed by atoms with Gasteiger partial charge >= 0.3 is 12.1 Å². The molecule has 0 aliphatic carbocycles. The Kier molecular flexibility index (Phi) is 5.41. The maximum absolute atomic E-state index is 13.3. The van der Waals surface area contributed by atoms with Crippen molar-refractivity contribution in [1.82, 2.24) is 0 Å². The van der Waals surface area contributed by atoms with Gasteiger partial charge in [0.05, 0.1) is 0 Å². The van der Waals surface area contributed by atoms with Gasteiger partial charge in [-0.05, 0) is 42.0 Å². The van der Waals surface area contributed by atoms with E-state index in [-0.39, 0.29) is 12.2 Å². The van der Waals surface area contributed by atoms with Crippen LogP contribution in [0, 0.1) is 5.82 Å². The minimum absolute atomic E-state index is 0.0542. The molecule has 0 aliphatic rings. The van der Waals surface area contributed by atoms with E-state index in [1.807, 2.05) is 0 Å². The Labute approximate surface area is 140 Å². The fourth-order valence-corrected chi connectivity index (χ4v) is 2.12. The number of aliphatic imine (C=N–C) groups is 1. The van der Waals surface area contributed by atoms with Crippen molar-refractivity contribution in [1.29, 1.82) is 0 Å². The van der Waals surface area contributed by atoms with Gasteiger partial charge in [0.2, 0.25) is 0 Å². The molecule has 2 N–H and O–H groups in total. The maximum Gasteiger partial charge on any atom is 0.433 e. The van der Waals surface area contributed by atoms with Crippen LogP contribution in [0.15, 0.2) is 53.5 Å². The fourth-order valence-electron chi connectivity index (χ4n) is 2.12. The number of aliphatic carboxylic acids is 1. The molecule has 0 radical (unpaired) electrons. The molecule has 132 valence electrons.